The summed E-state index contributed by atoms with van der Waals surface area (Å²) >= 11 is 3.53. The highest BCUT2D eigenvalue weighted by Crippen LogP contribution is 2.26. The Morgan fingerprint density at radius 1 is 1.15 bits per heavy atom. The Morgan fingerprint density at radius 2 is 1.92 bits per heavy atom. The van der Waals surface area contributed by atoms with E-state index in [0.717, 1.165) is 52.9 Å². The van der Waals surface area contributed by atoms with Gasteiger partial charge in [0.15, 0.2) is 0 Å². The number of carbonyl (C=O) groups is 1. The van der Waals surface area contributed by atoms with Crippen molar-refractivity contribution in [1.82, 2.24) is 24.3 Å². The van der Waals surface area contributed by atoms with Crippen molar-refractivity contribution in [1.29, 1.82) is 0 Å². The van der Waals surface area contributed by atoms with Crippen molar-refractivity contribution in [3.63, 3.8) is 0 Å². The van der Waals surface area contributed by atoms with E-state index in [9.17, 15) is 4.79 Å². The average Bonchev–Trinajstić information content (AvgIpc) is 3.03. The first kappa shape index (κ1) is 17.2. The molecule has 0 radical (unpaired) electrons. The molecular formula is C19H20BrN5O. The zero-order chi connectivity index (χ0) is 18.3. The minimum atomic E-state index is 0.0711. The topological polar surface area (TPSA) is 54.3 Å². The molecule has 1 fully saturated rings. The van der Waals surface area contributed by atoms with Gasteiger partial charge in [0.1, 0.15) is 11.2 Å². The molecule has 0 saturated carbocycles. The van der Waals surface area contributed by atoms with E-state index in [1.807, 2.05) is 47.0 Å². The molecule has 6 nitrogen and oxygen atoms in total. The lowest BCUT2D eigenvalue weighted by Crippen LogP contribution is -2.47. The number of carbonyl (C=O) groups excluding carboxylic acids is 1. The van der Waals surface area contributed by atoms with E-state index in [1.165, 1.54) is 0 Å². The van der Waals surface area contributed by atoms with Crippen molar-refractivity contribution in [2.24, 2.45) is 7.05 Å². The van der Waals surface area contributed by atoms with Gasteiger partial charge >= 0.3 is 0 Å². The van der Waals surface area contributed by atoms with Gasteiger partial charge in [0.25, 0.3) is 5.91 Å². The summed E-state index contributed by atoms with van der Waals surface area (Å²) in [7, 11) is 3.98. The van der Waals surface area contributed by atoms with Crippen LogP contribution in [0.2, 0.25) is 0 Å². The molecular weight excluding hydrogens is 394 g/mol. The number of likely N-dealkylation sites (N-methyl/N-ethyl adjacent to an activating group) is 1. The van der Waals surface area contributed by atoms with Gasteiger partial charge in [0.05, 0.1) is 17.4 Å². The van der Waals surface area contributed by atoms with E-state index in [1.54, 1.807) is 6.20 Å². The number of rotatable bonds is 2. The number of amides is 1. The summed E-state index contributed by atoms with van der Waals surface area (Å²) in [6, 6.07) is 7.74. The summed E-state index contributed by atoms with van der Waals surface area (Å²) in [5.41, 5.74) is 4.00. The third kappa shape index (κ3) is 3.12. The fraction of sp³-hybridized carbons (Fsp3) is 0.316. The van der Waals surface area contributed by atoms with Gasteiger partial charge in [-0.15, -0.1) is 0 Å². The van der Waals surface area contributed by atoms with Crippen LogP contribution >= 0.6 is 15.9 Å². The highest BCUT2D eigenvalue weighted by atomic mass is 79.9. The third-order valence-electron chi connectivity index (χ3n) is 4.83. The lowest BCUT2D eigenvalue weighted by Gasteiger charge is -2.32. The molecule has 7 heteroatoms. The maximum absolute atomic E-state index is 12.9. The van der Waals surface area contributed by atoms with Crippen molar-refractivity contribution < 1.29 is 4.79 Å². The number of nitrogens with zero attached hydrogens (tertiary/aromatic N) is 5. The van der Waals surface area contributed by atoms with Crippen LogP contribution in [-0.4, -0.2) is 63.5 Å². The molecule has 2 aromatic heterocycles. The third-order valence-corrected chi connectivity index (χ3v) is 5.47. The second-order valence-electron chi connectivity index (χ2n) is 6.68. The van der Waals surface area contributed by atoms with Crippen LogP contribution in [0.1, 0.15) is 10.5 Å². The van der Waals surface area contributed by atoms with E-state index in [4.69, 9.17) is 4.98 Å². The van der Waals surface area contributed by atoms with Gasteiger partial charge in [-0.05, 0) is 41.2 Å². The predicted molar refractivity (Wildman–Crippen MR) is 105 cm³/mol. The molecule has 4 rings (SSSR count). The molecule has 134 valence electrons. The van der Waals surface area contributed by atoms with Crippen molar-refractivity contribution in [3.05, 3.63) is 46.8 Å². The fourth-order valence-corrected chi connectivity index (χ4v) is 3.67. The number of aryl methyl sites for hydroxylation is 1. The van der Waals surface area contributed by atoms with Crippen LogP contribution in [0, 0.1) is 0 Å². The summed E-state index contributed by atoms with van der Waals surface area (Å²) in [5, 5.41) is 0. The number of halogens is 1. The normalized spacial score (nSPS) is 15.6. The summed E-state index contributed by atoms with van der Waals surface area (Å²) in [6.07, 6.45) is 3.70. The monoisotopic (exact) mass is 413 g/mol. The largest absolute Gasteiger partial charge is 0.346 e. The molecule has 0 N–H and O–H groups in total. The van der Waals surface area contributed by atoms with Crippen molar-refractivity contribution in [3.8, 4) is 11.3 Å². The first-order chi connectivity index (χ1) is 12.5. The van der Waals surface area contributed by atoms with Crippen molar-refractivity contribution in [2.75, 3.05) is 33.2 Å². The lowest BCUT2D eigenvalue weighted by molar-refractivity contribution is 0.0654. The number of piperazine rings is 1. The van der Waals surface area contributed by atoms with E-state index in [-0.39, 0.29) is 5.91 Å². The molecule has 3 aromatic rings. The standard InChI is InChI=1S/C19H20BrN5O/c1-23-6-8-25(9-7-23)19(26)17-10-13(12-24(17)2)16-11-21-15-5-3-4-14(20)18(15)22-16/h3-5,10-12H,6-9H2,1-2H3. The zero-order valence-corrected chi connectivity index (χ0v) is 16.4. The Bertz CT molecular complexity index is 975. The minimum absolute atomic E-state index is 0.0711. The van der Waals surface area contributed by atoms with Crippen LogP contribution in [0.4, 0.5) is 0 Å². The highest BCUT2D eigenvalue weighted by Gasteiger charge is 2.23. The summed E-state index contributed by atoms with van der Waals surface area (Å²) < 4.78 is 2.79. The van der Waals surface area contributed by atoms with Crippen LogP contribution in [0.5, 0.6) is 0 Å². The van der Waals surface area contributed by atoms with E-state index < -0.39 is 0 Å². The Hall–Kier alpha value is -2.25. The summed E-state index contributed by atoms with van der Waals surface area (Å²) in [6.45, 7) is 3.34. The first-order valence-electron chi connectivity index (χ1n) is 8.59. The van der Waals surface area contributed by atoms with Crippen molar-refractivity contribution >= 4 is 32.9 Å². The minimum Gasteiger partial charge on any atom is -0.346 e. The quantitative estimate of drug-likeness (QED) is 0.647. The molecule has 1 amide bonds. The van der Waals surface area contributed by atoms with Gasteiger partial charge in [0.2, 0.25) is 0 Å². The number of aromatic nitrogens is 3. The Balaban J connectivity index is 1.66. The second kappa shape index (κ2) is 6.81. The van der Waals surface area contributed by atoms with Gasteiger partial charge < -0.3 is 14.4 Å². The first-order valence-corrected chi connectivity index (χ1v) is 9.38. The summed E-state index contributed by atoms with van der Waals surface area (Å²) in [4.78, 5) is 26.3. The van der Waals surface area contributed by atoms with E-state index in [2.05, 4.69) is 32.9 Å². The zero-order valence-electron chi connectivity index (χ0n) is 14.8. The van der Waals surface area contributed by atoms with Gasteiger partial charge in [-0.3, -0.25) is 9.78 Å². The van der Waals surface area contributed by atoms with Gasteiger partial charge in [-0.25, -0.2) is 4.98 Å². The molecule has 0 bridgehead atoms. The molecule has 26 heavy (non-hydrogen) atoms. The lowest BCUT2D eigenvalue weighted by atomic mass is 10.2. The molecule has 0 unspecified atom stereocenters. The molecule has 1 saturated heterocycles. The number of para-hydroxylation sites is 1. The summed E-state index contributed by atoms with van der Waals surface area (Å²) in [5.74, 6) is 0.0711. The van der Waals surface area contributed by atoms with Crippen molar-refractivity contribution in [2.45, 2.75) is 0 Å². The van der Waals surface area contributed by atoms with Gasteiger partial charge in [-0.1, -0.05) is 6.07 Å². The molecule has 1 aliphatic rings. The van der Waals surface area contributed by atoms with E-state index >= 15 is 0 Å². The second-order valence-corrected chi connectivity index (χ2v) is 7.54. The highest BCUT2D eigenvalue weighted by molar-refractivity contribution is 9.10. The Kier molecular flexibility index (Phi) is 4.50. The van der Waals surface area contributed by atoms with Gasteiger partial charge in [0, 0.05) is 49.5 Å². The molecule has 0 spiro atoms. The molecule has 0 atom stereocenters. The maximum Gasteiger partial charge on any atom is 0.270 e. The molecule has 0 aliphatic carbocycles. The van der Waals surface area contributed by atoms with Crippen LogP contribution < -0.4 is 0 Å². The molecule has 3 heterocycles. The number of fused-ring (bicyclic) bond motifs is 1. The Labute approximate surface area is 160 Å². The van der Waals surface area contributed by atoms with E-state index in [0.29, 0.717) is 5.69 Å². The number of hydrogen-bond donors (Lipinski definition) is 0. The smallest absolute Gasteiger partial charge is 0.270 e. The SMILES string of the molecule is CN1CCN(C(=O)c2cc(-c3cnc4cccc(Br)c4n3)cn2C)CC1. The molecule has 1 aromatic carbocycles. The number of hydrogen-bond acceptors (Lipinski definition) is 4. The maximum atomic E-state index is 12.9. The van der Waals surface area contributed by atoms with Crippen LogP contribution in [0.25, 0.3) is 22.3 Å². The van der Waals surface area contributed by atoms with Crippen LogP contribution in [0.15, 0.2) is 41.1 Å². The van der Waals surface area contributed by atoms with Crippen LogP contribution in [-0.2, 0) is 7.05 Å². The van der Waals surface area contributed by atoms with Crippen LogP contribution in [0.3, 0.4) is 0 Å². The Morgan fingerprint density at radius 3 is 2.69 bits per heavy atom. The predicted octanol–water partition coefficient (Wildman–Crippen LogP) is 2.79. The number of benzene rings is 1. The van der Waals surface area contributed by atoms with Gasteiger partial charge in [-0.2, -0.15) is 0 Å². The fourth-order valence-electron chi connectivity index (χ4n) is 3.23. The molecule has 1 aliphatic heterocycles. The average molecular weight is 414 g/mol.